The van der Waals surface area contributed by atoms with Crippen LogP contribution in [0, 0.1) is 0 Å². The Bertz CT molecular complexity index is 574. The van der Waals surface area contributed by atoms with Crippen LogP contribution < -0.4 is 0 Å². The van der Waals surface area contributed by atoms with Gasteiger partial charge in [0, 0.05) is 0 Å². The maximum atomic E-state index is 10.3. The van der Waals surface area contributed by atoms with Gasteiger partial charge in [-0.1, -0.05) is 0 Å². The van der Waals surface area contributed by atoms with Crippen molar-refractivity contribution >= 4 is 35.8 Å². The molecule has 0 rings (SSSR count). The Balaban J connectivity index is -0.000000375. The third kappa shape index (κ3) is 15.4. The van der Waals surface area contributed by atoms with Gasteiger partial charge in [-0.3, -0.25) is 9.59 Å². The summed E-state index contributed by atoms with van der Waals surface area (Å²) in [5.74, 6) is -9.74. The molecular formula is C13H20O16. The minimum atomic E-state index is -2.74. The van der Waals surface area contributed by atoms with Gasteiger partial charge in [0.05, 0.1) is 12.8 Å². The molecule has 0 aromatic heterocycles. The van der Waals surface area contributed by atoms with Crippen LogP contribution in [0.1, 0.15) is 19.8 Å². The molecule has 3 atom stereocenters. The van der Waals surface area contributed by atoms with Gasteiger partial charge >= 0.3 is 35.8 Å². The van der Waals surface area contributed by atoms with Crippen LogP contribution in [0.15, 0.2) is 0 Å². The number of aliphatic carboxylic acids is 6. The molecule has 0 bridgehead atoms. The Labute approximate surface area is 160 Å². The van der Waals surface area contributed by atoms with Crippen molar-refractivity contribution in [1.82, 2.24) is 0 Å². The summed E-state index contributed by atoms with van der Waals surface area (Å²) >= 11 is 0. The maximum Gasteiger partial charge on any atom is 0.336 e. The molecule has 0 aliphatic rings. The summed E-state index contributed by atoms with van der Waals surface area (Å²) in [4.78, 5) is 59.5. The van der Waals surface area contributed by atoms with Crippen molar-refractivity contribution in [3.63, 3.8) is 0 Å². The molecule has 29 heavy (non-hydrogen) atoms. The van der Waals surface area contributed by atoms with Crippen molar-refractivity contribution in [2.24, 2.45) is 0 Å². The number of hydrogen-bond donors (Lipinski definition) is 10. The number of aliphatic hydroxyl groups excluding tert-OH is 3. The lowest BCUT2D eigenvalue weighted by molar-refractivity contribution is -0.170. The number of carbonyl (C=O) groups is 6. The molecule has 0 aliphatic carbocycles. The number of carboxylic acids is 6. The molecule has 0 aromatic rings. The molecule has 16 heteroatoms. The third-order valence-corrected chi connectivity index (χ3v) is 2.45. The maximum absolute atomic E-state index is 10.3. The van der Waals surface area contributed by atoms with Crippen molar-refractivity contribution in [3.05, 3.63) is 0 Å². The van der Waals surface area contributed by atoms with Gasteiger partial charge in [0.2, 0.25) is 0 Å². The zero-order valence-corrected chi connectivity index (χ0v) is 14.6. The van der Waals surface area contributed by atoms with Gasteiger partial charge in [0.15, 0.2) is 17.8 Å². The lowest BCUT2D eigenvalue weighted by Crippen LogP contribution is -2.42. The second-order valence-electron chi connectivity index (χ2n) is 5.06. The summed E-state index contributed by atoms with van der Waals surface area (Å²) in [6, 6.07) is 0. The summed E-state index contributed by atoms with van der Waals surface area (Å²) in [5.41, 5.74) is -2.74. The predicted octanol–water partition coefficient (Wildman–Crippen LogP) is -3.92. The summed E-state index contributed by atoms with van der Waals surface area (Å²) in [5, 5.41) is 82.1. The van der Waals surface area contributed by atoms with Crippen molar-refractivity contribution < 1.29 is 79.8 Å². The van der Waals surface area contributed by atoms with Gasteiger partial charge in [0.25, 0.3) is 0 Å². The third-order valence-electron chi connectivity index (χ3n) is 2.45. The average Bonchev–Trinajstić information content (AvgIpc) is 2.52. The molecule has 0 radical (unpaired) electrons. The van der Waals surface area contributed by atoms with Crippen molar-refractivity contribution in [1.29, 1.82) is 0 Å². The van der Waals surface area contributed by atoms with E-state index in [1.807, 2.05) is 0 Å². The first-order valence-corrected chi connectivity index (χ1v) is 7.01. The van der Waals surface area contributed by atoms with Crippen LogP contribution in [0.4, 0.5) is 0 Å². The number of aliphatic hydroxyl groups is 4. The van der Waals surface area contributed by atoms with E-state index < -0.39 is 72.6 Å². The zero-order chi connectivity index (χ0) is 24.1. The molecule has 0 heterocycles. The summed E-state index contributed by atoms with van der Waals surface area (Å²) in [6.07, 6.45) is -8.05. The highest BCUT2D eigenvalue weighted by Gasteiger charge is 2.40. The topological polar surface area (TPSA) is 305 Å². The first-order chi connectivity index (χ1) is 12.9. The van der Waals surface area contributed by atoms with E-state index in [1.165, 1.54) is 6.92 Å². The molecule has 0 aromatic carbocycles. The first kappa shape index (κ1) is 30.4. The molecule has 0 aliphatic heterocycles. The molecule has 16 nitrogen and oxygen atoms in total. The number of hydrogen-bond acceptors (Lipinski definition) is 10. The Hall–Kier alpha value is -3.34. The van der Waals surface area contributed by atoms with E-state index in [4.69, 9.17) is 51.1 Å². The van der Waals surface area contributed by atoms with Gasteiger partial charge in [-0.25, -0.2) is 19.2 Å². The van der Waals surface area contributed by atoms with E-state index in [0.717, 1.165) is 0 Å². The lowest BCUT2D eigenvalue weighted by atomic mass is 9.96. The summed E-state index contributed by atoms with van der Waals surface area (Å²) in [7, 11) is 0. The zero-order valence-electron chi connectivity index (χ0n) is 14.6. The van der Waals surface area contributed by atoms with Crippen molar-refractivity contribution in [2.75, 3.05) is 0 Å². The SMILES string of the molecule is C[C@H](O)C(=O)O.O=C(O)C(O)C(O)C(=O)O.O=C(O)CC(O)(CC(=O)O)C(=O)O. The fourth-order valence-electron chi connectivity index (χ4n) is 0.984. The predicted molar refractivity (Wildman–Crippen MR) is 83.7 cm³/mol. The fraction of sp³-hybridized carbons (Fsp3) is 0.538. The smallest absolute Gasteiger partial charge is 0.336 e. The quantitative estimate of drug-likeness (QED) is 0.166. The Morgan fingerprint density at radius 1 is 0.655 bits per heavy atom. The van der Waals surface area contributed by atoms with Gasteiger partial charge in [-0.05, 0) is 6.92 Å². The minimum Gasteiger partial charge on any atom is -0.481 e. The minimum absolute atomic E-state index is 1.14. The molecule has 0 saturated carbocycles. The van der Waals surface area contributed by atoms with Crippen LogP contribution >= 0.6 is 0 Å². The van der Waals surface area contributed by atoms with Gasteiger partial charge < -0.3 is 51.1 Å². The number of carboxylic acid groups (broad SMARTS) is 6. The normalized spacial score (nSPS) is 13.1. The second-order valence-corrected chi connectivity index (χ2v) is 5.06. The molecule has 0 saturated heterocycles. The van der Waals surface area contributed by atoms with Gasteiger partial charge in [-0.2, -0.15) is 0 Å². The van der Waals surface area contributed by atoms with Crippen LogP contribution in [0.5, 0.6) is 0 Å². The van der Waals surface area contributed by atoms with Crippen LogP contribution in [0.25, 0.3) is 0 Å². The van der Waals surface area contributed by atoms with E-state index in [1.54, 1.807) is 0 Å². The molecule has 168 valence electrons. The van der Waals surface area contributed by atoms with Gasteiger partial charge in [0.1, 0.15) is 6.10 Å². The molecular weight excluding hydrogens is 412 g/mol. The largest absolute Gasteiger partial charge is 0.481 e. The van der Waals surface area contributed by atoms with Crippen molar-refractivity contribution in [2.45, 2.75) is 43.7 Å². The average molecular weight is 432 g/mol. The molecule has 10 N–H and O–H groups in total. The van der Waals surface area contributed by atoms with Crippen LogP contribution in [0.2, 0.25) is 0 Å². The highest BCUT2D eigenvalue weighted by molar-refractivity contribution is 5.88. The Kier molecular flexibility index (Phi) is 14.4. The van der Waals surface area contributed by atoms with E-state index >= 15 is 0 Å². The lowest BCUT2D eigenvalue weighted by Gasteiger charge is -2.18. The monoisotopic (exact) mass is 432 g/mol. The fourth-order valence-corrected chi connectivity index (χ4v) is 0.984. The second kappa shape index (κ2) is 13.8. The molecule has 0 amide bonds. The number of rotatable bonds is 9. The highest BCUT2D eigenvalue weighted by Crippen LogP contribution is 2.15. The van der Waals surface area contributed by atoms with Crippen LogP contribution in [0.3, 0.4) is 0 Å². The van der Waals surface area contributed by atoms with Crippen LogP contribution in [-0.4, -0.2) is 111 Å². The first-order valence-electron chi connectivity index (χ1n) is 7.01. The summed E-state index contributed by atoms with van der Waals surface area (Å²) in [6.45, 7) is 1.20. The van der Waals surface area contributed by atoms with Gasteiger partial charge in [-0.15, -0.1) is 0 Å². The highest BCUT2D eigenvalue weighted by atomic mass is 16.4. The van der Waals surface area contributed by atoms with Crippen molar-refractivity contribution in [3.8, 4) is 0 Å². The van der Waals surface area contributed by atoms with E-state index in [2.05, 4.69) is 0 Å². The van der Waals surface area contributed by atoms with E-state index in [-0.39, 0.29) is 0 Å². The van der Waals surface area contributed by atoms with E-state index in [9.17, 15) is 28.8 Å². The summed E-state index contributed by atoms with van der Waals surface area (Å²) < 4.78 is 0. The molecule has 2 unspecified atom stereocenters. The molecule has 0 spiro atoms. The van der Waals surface area contributed by atoms with E-state index in [0.29, 0.717) is 0 Å². The Morgan fingerprint density at radius 2 is 0.897 bits per heavy atom. The molecule has 0 fully saturated rings. The Morgan fingerprint density at radius 3 is 1.00 bits per heavy atom. The standard InChI is InChI=1S/C6H8O7.C4H6O6.C3H6O3/c7-3(8)1-6(13,5(11)12)2-4(9)10;5-1(3(7)8)2(6)4(9)10;1-2(4)3(5)6/h13H,1-2H2,(H,7,8)(H,9,10)(H,11,12);1-2,5-6H,(H,7,8)(H,9,10);2,4H,1H3,(H,5,6)/t;;2-/m..0/s1. The van der Waals surface area contributed by atoms with Crippen LogP contribution in [-0.2, 0) is 28.8 Å².